The maximum atomic E-state index is 11.1. The van der Waals surface area contributed by atoms with Crippen molar-refractivity contribution in [2.45, 2.75) is 13.8 Å². The van der Waals surface area contributed by atoms with Crippen LogP contribution in [-0.2, 0) is 0 Å². The molecule has 5 rings (SSSR count). The lowest BCUT2D eigenvalue weighted by Gasteiger charge is -2.05. The van der Waals surface area contributed by atoms with Gasteiger partial charge in [-0.2, -0.15) is 5.26 Å². The van der Waals surface area contributed by atoms with Crippen LogP contribution in [0.3, 0.4) is 0 Å². The van der Waals surface area contributed by atoms with Gasteiger partial charge in [0.05, 0.1) is 11.1 Å². The van der Waals surface area contributed by atoms with Gasteiger partial charge in [0.1, 0.15) is 28.9 Å². The maximum absolute atomic E-state index is 11.1. The van der Waals surface area contributed by atoms with Gasteiger partial charge in [0.2, 0.25) is 5.88 Å². The minimum Gasteiger partial charge on any atom is -0.455 e. The highest BCUT2D eigenvalue weighted by Gasteiger charge is 2.23. The van der Waals surface area contributed by atoms with E-state index in [4.69, 9.17) is 8.83 Å². The van der Waals surface area contributed by atoms with Gasteiger partial charge in [-0.3, -0.25) is 10.1 Å². The maximum Gasteiger partial charge on any atom is 0.270 e. The molecular formula is C30H21N3O4. The molecule has 2 heterocycles. The average molecular weight is 488 g/mol. The van der Waals surface area contributed by atoms with Crippen molar-refractivity contribution in [1.29, 1.82) is 5.26 Å². The summed E-state index contributed by atoms with van der Waals surface area (Å²) < 4.78 is 12.0. The number of aliphatic imine (C=N–C) groups is 1. The van der Waals surface area contributed by atoms with Crippen LogP contribution in [0.1, 0.15) is 22.5 Å². The molecule has 0 N–H and O–H groups in total. The summed E-state index contributed by atoms with van der Waals surface area (Å²) in [5, 5.41) is 21.2. The van der Waals surface area contributed by atoms with Crippen LogP contribution >= 0.6 is 0 Å². The van der Waals surface area contributed by atoms with Gasteiger partial charge in [0.15, 0.2) is 0 Å². The molecule has 0 radical (unpaired) electrons. The first kappa shape index (κ1) is 23.5. The Bertz CT molecular complexity index is 1670. The van der Waals surface area contributed by atoms with Crippen LogP contribution in [-0.4, -0.2) is 11.1 Å². The van der Waals surface area contributed by atoms with E-state index in [0.717, 1.165) is 22.3 Å². The van der Waals surface area contributed by atoms with Gasteiger partial charge in [-0.25, -0.2) is 4.99 Å². The molecule has 3 aromatic carbocycles. The molecule has 7 heteroatoms. The molecule has 180 valence electrons. The minimum atomic E-state index is -0.452. The predicted molar refractivity (Wildman–Crippen MR) is 142 cm³/mol. The van der Waals surface area contributed by atoms with Crippen molar-refractivity contribution in [1.82, 2.24) is 0 Å². The Kier molecular flexibility index (Phi) is 6.23. The lowest BCUT2D eigenvalue weighted by atomic mass is 9.97. The third-order valence-corrected chi connectivity index (χ3v) is 5.93. The summed E-state index contributed by atoms with van der Waals surface area (Å²) >= 11 is 0. The lowest BCUT2D eigenvalue weighted by Crippen LogP contribution is -1.87. The lowest BCUT2D eigenvalue weighted by molar-refractivity contribution is -0.384. The van der Waals surface area contributed by atoms with E-state index in [0.29, 0.717) is 34.0 Å². The number of non-ortho nitro benzene ring substituents is 1. The zero-order valence-corrected chi connectivity index (χ0v) is 20.1. The SMILES string of the molecule is Cc1ccc(-c2oc(N=Cc3ccc(-c4cccc([N+](=O)[O-])c4)o3)c(C#N)c2-c2ccc(C)cc2)cc1. The molecule has 0 aliphatic rings. The molecule has 0 saturated carbocycles. The number of furan rings is 2. The summed E-state index contributed by atoms with van der Waals surface area (Å²) in [7, 11) is 0. The number of nitrogens with zero attached hydrogens (tertiary/aromatic N) is 3. The van der Waals surface area contributed by atoms with E-state index in [1.54, 1.807) is 24.3 Å². The van der Waals surface area contributed by atoms with Gasteiger partial charge in [-0.1, -0.05) is 71.8 Å². The number of aryl methyl sites for hydroxylation is 2. The van der Waals surface area contributed by atoms with E-state index in [1.165, 1.54) is 18.3 Å². The Labute approximate surface area is 213 Å². The summed E-state index contributed by atoms with van der Waals surface area (Å²) in [4.78, 5) is 15.1. The first-order valence-electron chi connectivity index (χ1n) is 11.5. The fourth-order valence-electron chi connectivity index (χ4n) is 3.99. The standard InChI is InChI=1S/C30H21N3O4/c1-19-6-10-21(11-7-19)28-26(17-31)30(37-29(28)22-12-8-20(2)9-13-22)32-18-25-14-15-27(36-25)23-4-3-5-24(16-23)33(34)35/h3-16,18H,1-2H3. The van der Waals surface area contributed by atoms with Crippen LogP contribution in [0.2, 0.25) is 0 Å². The van der Waals surface area contributed by atoms with E-state index in [1.807, 2.05) is 62.4 Å². The van der Waals surface area contributed by atoms with E-state index in [9.17, 15) is 15.4 Å². The molecule has 5 aromatic rings. The van der Waals surface area contributed by atoms with Gasteiger partial charge >= 0.3 is 0 Å². The second-order valence-corrected chi connectivity index (χ2v) is 8.60. The first-order valence-corrected chi connectivity index (χ1v) is 11.5. The average Bonchev–Trinajstić information content (AvgIpc) is 3.53. The molecule has 0 saturated heterocycles. The van der Waals surface area contributed by atoms with Crippen molar-refractivity contribution in [2.24, 2.45) is 4.99 Å². The molecule has 0 bridgehead atoms. The van der Waals surface area contributed by atoms with Gasteiger partial charge in [-0.15, -0.1) is 0 Å². The minimum absolute atomic E-state index is 0.0226. The summed E-state index contributed by atoms with van der Waals surface area (Å²) in [5.41, 5.74) is 5.47. The predicted octanol–water partition coefficient (Wildman–Crippen LogP) is 8.02. The third kappa shape index (κ3) is 4.81. The van der Waals surface area contributed by atoms with Crippen molar-refractivity contribution < 1.29 is 13.8 Å². The van der Waals surface area contributed by atoms with Gasteiger partial charge in [-0.05, 0) is 31.5 Å². The molecular weight excluding hydrogens is 466 g/mol. The summed E-state index contributed by atoms with van der Waals surface area (Å²) in [6.07, 6.45) is 1.47. The Balaban J connectivity index is 1.55. The van der Waals surface area contributed by atoms with Crippen LogP contribution in [0, 0.1) is 35.3 Å². The monoisotopic (exact) mass is 487 g/mol. The highest BCUT2D eigenvalue weighted by molar-refractivity contribution is 5.89. The molecule has 0 atom stereocenters. The number of rotatable bonds is 6. The summed E-state index contributed by atoms with van der Waals surface area (Å²) in [5.74, 6) is 1.60. The topological polar surface area (TPSA) is 106 Å². The zero-order valence-electron chi connectivity index (χ0n) is 20.1. The molecule has 0 aliphatic carbocycles. The normalized spacial score (nSPS) is 11.1. The Hall–Kier alpha value is -5.22. The first-order chi connectivity index (χ1) is 17.9. The van der Waals surface area contributed by atoms with Crippen LogP contribution in [0.25, 0.3) is 33.8 Å². The summed E-state index contributed by atoms with van der Waals surface area (Å²) in [6, 6.07) is 27.7. The molecule has 7 nitrogen and oxygen atoms in total. The van der Waals surface area contributed by atoms with Crippen molar-refractivity contribution in [3.63, 3.8) is 0 Å². The molecule has 2 aromatic heterocycles. The van der Waals surface area contributed by atoms with Crippen LogP contribution in [0.15, 0.2) is 98.8 Å². The van der Waals surface area contributed by atoms with E-state index in [2.05, 4.69) is 11.1 Å². The number of nitriles is 1. The van der Waals surface area contributed by atoms with Crippen molar-refractivity contribution in [3.05, 3.63) is 117 Å². The highest BCUT2D eigenvalue weighted by atomic mass is 16.6. The fraction of sp³-hybridized carbons (Fsp3) is 0.0667. The summed E-state index contributed by atoms with van der Waals surface area (Å²) in [6.45, 7) is 4.01. The second kappa shape index (κ2) is 9.80. The molecule has 0 fully saturated rings. The van der Waals surface area contributed by atoms with Gasteiger partial charge in [0.25, 0.3) is 5.69 Å². The molecule has 0 amide bonds. The largest absolute Gasteiger partial charge is 0.455 e. The quantitative estimate of drug-likeness (QED) is 0.137. The van der Waals surface area contributed by atoms with E-state index < -0.39 is 4.92 Å². The zero-order chi connectivity index (χ0) is 25.9. The second-order valence-electron chi connectivity index (χ2n) is 8.60. The van der Waals surface area contributed by atoms with Crippen LogP contribution < -0.4 is 0 Å². The number of nitro benzene ring substituents is 1. The highest BCUT2D eigenvalue weighted by Crippen LogP contribution is 2.42. The number of benzene rings is 3. The molecule has 0 aliphatic heterocycles. The van der Waals surface area contributed by atoms with Crippen molar-refractivity contribution in [2.75, 3.05) is 0 Å². The Morgan fingerprint density at radius 3 is 2.19 bits per heavy atom. The van der Waals surface area contributed by atoms with Gasteiger partial charge < -0.3 is 8.83 Å². The Morgan fingerprint density at radius 1 is 0.865 bits per heavy atom. The van der Waals surface area contributed by atoms with Crippen LogP contribution in [0.5, 0.6) is 0 Å². The Morgan fingerprint density at radius 2 is 1.54 bits per heavy atom. The molecule has 0 spiro atoms. The number of hydrogen-bond acceptors (Lipinski definition) is 6. The van der Waals surface area contributed by atoms with Crippen molar-refractivity contribution >= 4 is 17.8 Å². The fourth-order valence-corrected chi connectivity index (χ4v) is 3.99. The molecule has 37 heavy (non-hydrogen) atoms. The van der Waals surface area contributed by atoms with Crippen molar-refractivity contribution in [3.8, 4) is 39.8 Å². The number of hydrogen-bond donors (Lipinski definition) is 0. The van der Waals surface area contributed by atoms with Crippen LogP contribution in [0.4, 0.5) is 11.6 Å². The smallest absolute Gasteiger partial charge is 0.270 e. The van der Waals surface area contributed by atoms with E-state index in [-0.39, 0.29) is 11.6 Å². The van der Waals surface area contributed by atoms with Gasteiger partial charge in [0, 0.05) is 28.8 Å². The third-order valence-electron chi connectivity index (χ3n) is 5.93. The number of nitro groups is 1. The molecule has 0 unspecified atom stereocenters. The van der Waals surface area contributed by atoms with E-state index >= 15 is 0 Å².